The molecule has 4 heteroatoms. The summed E-state index contributed by atoms with van der Waals surface area (Å²) in [4.78, 5) is 24.3. The van der Waals surface area contributed by atoms with Gasteiger partial charge in [0.15, 0.2) is 0 Å². The predicted molar refractivity (Wildman–Crippen MR) is 71.3 cm³/mol. The van der Waals surface area contributed by atoms with Gasteiger partial charge >= 0.3 is 5.97 Å². The van der Waals surface area contributed by atoms with Crippen LogP contribution in [0.15, 0.2) is 18.2 Å². The Morgan fingerprint density at radius 3 is 2.74 bits per heavy atom. The number of carboxylic acids is 1. The van der Waals surface area contributed by atoms with Gasteiger partial charge in [0.2, 0.25) is 5.91 Å². The Morgan fingerprint density at radius 2 is 2.11 bits per heavy atom. The minimum atomic E-state index is -0.734. The van der Waals surface area contributed by atoms with E-state index in [1.54, 1.807) is 11.9 Å². The minimum Gasteiger partial charge on any atom is -0.481 e. The zero-order valence-corrected chi connectivity index (χ0v) is 11.0. The van der Waals surface area contributed by atoms with Gasteiger partial charge in [-0.15, -0.1) is 0 Å². The molecule has 1 heterocycles. The van der Waals surface area contributed by atoms with Gasteiger partial charge in [0.1, 0.15) is 0 Å². The summed E-state index contributed by atoms with van der Waals surface area (Å²) >= 11 is 0. The van der Waals surface area contributed by atoms with E-state index < -0.39 is 5.97 Å². The summed E-state index contributed by atoms with van der Waals surface area (Å²) in [7, 11) is 1.80. The number of anilines is 1. The normalized spacial score (nSPS) is 20.1. The van der Waals surface area contributed by atoms with Crippen molar-refractivity contribution in [1.29, 1.82) is 0 Å². The second-order valence-electron chi connectivity index (χ2n) is 5.65. The third kappa shape index (κ3) is 2.01. The van der Waals surface area contributed by atoms with Gasteiger partial charge in [0.05, 0.1) is 6.42 Å². The molecule has 1 N–H and O–H groups in total. The van der Waals surface area contributed by atoms with Crippen LogP contribution >= 0.6 is 0 Å². The molecule has 1 saturated carbocycles. The minimum absolute atomic E-state index is 0.145. The largest absolute Gasteiger partial charge is 0.481 e. The number of carboxylic acid groups (broad SMARTS) is 1. The van der Waals surface area contributed by atoms with Crippen LogP contribution in [0.1, 0.15) is 36.8 Å². The van der Waals surface area contributed by atoms with Crippen LogP contribution in [-0.2, 0) is 21.4 Å². The van der Waals surface area contributed by atoms with E-state index in [-0.39, 0.29) is 17.7 Å². The monoisotopic (exact) mass is 259 g/mol. The first kappa shape index (κ1) is 12.2. The van der Waals surface area contributed by atoms with Gasteiger partial charge in [0, 0.05) is 24.6 Å². The molecular formula is C15H17NO3. The number of aliphatic carboxylic acids is 1. The second kappa shape index (κ2) is 4.08. The number of hydrogen-bond acceptors (Lipinski definition) is 2. The van der Waals surface area contributed by atoms with Crippen LogP contribution in [0, 0.1) is 0 Å². The van der Waals surface area contributed by atoms with Crippen molar-refractivity contribution in [2.75, 3.05) is 11.9 Å². The van der Waals surface area contributed by atoms with Crippen LogP contribution in [0.25, 0.3) is 0 Å². The molecule has 1 aromatic carbocycles. The van der Waals surface area contributed by atoms with Crippen molar-refractivity contribution in [3.63, 3.8) is 0 Å². The molecule has 3 rings (SSSR count). The standard InChI is InChI=1S/C15H17NO3/c1-16-12-4-3-11(8-10(12)2-5-13(16)17)15(6-7-15)9-14(18)19/h3-4,8H,2,5-7,9H2,1H3,(H,18,19). The fourth-order valence-corrected chi connectivity index (χ4v) is 2.99. The first-order valence-electron chi connectivity index (χ1n) is 6.64. The highest BCUT2D eigenvalue weighted by Crippen LogP contribution is 2.51. The van der Waals surface area contributed by atoms with Crippen molar-refractivity contribution in [3.05, 3.63) is 29.3 Å². The fourth-order valence-electron chi connectivity index (χ4n) is 2.99. The van der Waals surface area contributed by atoms with Gasteiger partial charge in [-0.05, 0) is 36.5 Å². The average molecular weight is 259 g/mol. The van der Waals surface area contributed by atoms with Crippen molar-refractivity contribution in [3.8, 4) is 0 Å². The smallest absolute Gasteiger partial charge is 0.304 e. The van der Waals surface area contributed by atoms with E-state index in [4.69, 9.17) is 5.11 Å². The number of amides is 1. The van der Waals surface area contributed by atoms with Crippen LogP contribution in [0.5, 0.6) is 0 Å². The molecule has 1 aromatic rings. The molecule has 0 aromatic heterocycles. The molecule has 4 nitrogen and oxygen atoms in total. The molecule has 0 spiro atoms. The Bertz CT molecular complexity index is 561. The van der Waals surface area contributed by atoms with Crippen LogP contribution in [-0.4, -0.2) is 24.0 Å². The Hall–Kier alpha value is -1.84. The quantitative estimate of drug-likeness (QED) is 0.904. The lowest BCUT2D eigenvalue weighted by molar-refractivity contribution is -0.137. The maximum atomic E-state index is 11.6. The van der Waals surface area contributed by atoms with Crippen molar-refractivity contribution < 1.29 is 14.7 Å². The SMILES string of the molecule is CN1C(=O)CCc2cc(C3(CC(=O)O)CC3)ccc21. The highest BCUT2D eigenvalue weighted by Gasteiger charge is 2.46. The lowest BCUT2D eigenvalue weighted by Crippen LogP contribution is -2.31. The summed E-state index contributed by atoms with van der Waals surface area (Å²) in [5, 5.41) is 9.01. The predicted octanol–water partition coefficient (Wildman–Crippen LogP) is 2.10. The van der Waals surface area contributed by atoms with Crippen LogP contribution in [0.2, 0.25) is 0 Å². The topological polar surface area (TPSA) is 57.6 Å². The van der Waals surface area contributed by atoms with Crippen LogP contribution < -0.4 is 4.90 Å². The van der Waals surface area contributed by atoms with Crippen molar-refractivity contribution in [2.45, 2.75) is 37.5 Å². The Morgan fingerprint density at radius 1 is 1.37 bits per heavy atom. The molecule has 0 atom stereocenters. The third-order valence-electron chi connectivity index (χ3n) is 4.38. The number of aryl methyl sites for hydroxylation is 1. The lowest BCUT2D eigenvalue weighted by atomic mass is 9.89. The second-order valence-corrected chi connectivity index (χ2v) is 5.65. The number of carbonyl (C=O) groups excluding carboxylic acids is 1. The van der Waals surface area contributed by atoms with Gasteiger partial charge < -0.3 is 10.0 Å². The van der Waals surface area contributed by atoms with E-state index in [2.05, 4.69) is 6.07 Å². The third-order valence-corrected chi connectivity index (χ3v) is 4.38. The molecule has 1 aliphatic heterocycles. The zero-order valence-electron chi connectivity index (χ0n) is 11.0. The maximum Gasteiger partial charge on any atom is 0.304 e. The van der Waals surface area contributed by atoms with E-state index in [1.807, 2.05) is 12.1 Å². The van der Waals surface area contributed by atoms with Gasteiger partial charge in [-0.1, -0.05) is 12.1 Å². The van der Waals surface area contributed by atoms with E-state index >= 15 is 0 Å². The van der Waals surface area contributed by atoms with E-state index in [1.165, 1.54) is 0 Å². The summed E-state index contributed by atoms with van der Waals surface area (Å²) in [6.07, 6.45) is 3.41. The maximum absolute atomic E-state index is 11.6. The number of rotatable bonds is 3. The molecule has 2 aliphatic rings. The molecule has 0 radical (unpaired) electrons. The molecule has 19 heavy (non-hydrogen) atoms. The number of carbonyl (C=O) groups is 2. The molecule has 100 valence electrons. The molecule has 0 unspecified atom stereocenters. The van der Waals surface area contributed by atoms with Crippen molar-refractivity contribution >= 4 is 17.6 Å². The van der Waals surface area contributed by atoms with Gasteiger partial charge in [-0.2, -0.15) is 0 Å². The summed E-state index contributed by atoms with van der Waals surface area (Å²) in [6.45, 7) is 0. The Balaban J connectivity index is 1.94. The van der Waals surface area contributed by atoms with Crippen molar-refractivity contribution in [2.24, 2.45) is 0 Å². The van der Waals surface area contributed by atoms with E-state index in [0.29, 0.717) is 6.42 Å². The van der Waals surface area contributed by atoms with Gasteiger partial charge in [-0.25, -0.2) is 0 Å². The van der Waals surface area contributed by atoms with E-state index in [0.717, 1.165) is 36.1 Å². The summed E-state index contributed by atoms with van der Waals surface area (Å²) in [5.74, 6) is -0.588. The fraction of sp³-hybridized carbons (Fsp3) is 0.467. The van der Waals surface area contributed by atoms with Crippen LogP contribution in [0.3, 0.4) is 0 Å². The zero-order chi connectivity index (χ0) is 13.6. The van der Waals surface area contributed by atoms with Crippen molar-refractivity contribution in [1.82, 2.24) is 0 Å². The molecule has 1 aliphatic carbocycles. The van der Waals surface area contributed by atoms with Gasteiger partial charge in [0.25, 0.3) is 0 Å². The van der Waals surface area contributed by atoms with Crippen LogP contribution in [0.4, 0.5) is 5.69 Å². The number of benzene rings is 1. The molecular weight excluding hydrogens is 242 g/mol. The highest BCUT2D eigenvalue weighted by atomic mass is 16.4. The average Bonchev–Trinajstić information content (AvgIpc) is 3.13. The number of nitrogens with zero attached hydrogens (tertiary/aromatic N) is 1. The molecule has 0 bridgehead atoms. The summed E-state index contributed by atoms with van der Waals surface area (Å²) in [5.41, 5.74) is 3.10. The highest BCUT2D eigenvalue weighted by molar-refractivity contribution is 5.95. The molecule has 1 fully saturated rings. The lowest BCUT2D eigenvalue weighted by Gasteiger charge is -2.27. The summed E-state index contributed by atoms with van der Waals surface area (Å²) in [6, 6.07) is 6.06. The Kier molecular flexibility index (Phi) is 2.62. The van der Waals surface area contributed by atoms with E-state index in [9.17, 15) is 9.59 Å². The van der Waals surface area contributed by atoms with Gasteiger partial charge in [-0.3, -0.25) is 9.59 Å². The Labute approximate surface area is 112 Å². The molecule has 0 saturated heterocycles. The first-order valence-corrected chi connectivity index (χ1v) is 6.64. The number of fused-ring (bicyclic) bond motifs is 1. The number of hydrogen-bond donors (Lipinski definition) is 1. The molecule has 1 amide bonds. The summed E-state index contributed by atoms with van der Waals surface area (Å²) < 4.78 is 0. The first-order chi connectivity index (χ1) is 9.02.